The van der Waals surface area contributed by atoms with E-state index in [4.69, 9.17) is 4.42 Å². The summed E-state index contributed by atoms with van der Waals surface area (Å²) >= 11 is 0. The molecule has 5 rings (SSSR count). The number of aryl methyl sites for hydroxylation is 1. The van der Waals surface area contributed by atoms with Gasteiger partial charge in [-0.3, -0.25) is 9.59 Å². The fraction of sp³-hybridized carbons (Fsp3) is 0.462. The van der Waals surface area contributed by atoms with Gasteiger partial charge in [-0.15, -0.1) is 0 Å². The fourth-order valence-corrected chi connectivity index (χ4v) is 5.34. The van der Waals surface area contributed by atoms with Gasteiger partial charge in [0.15, 0.2) is 0 Å². The molecule has 1 saturated carbocycles. The van der Waals surface area contributed by atoms with Crippen molar-refractivity contribution in [2.24, 2.45) is 5.92 Å². The molecule has 168 valence electrons. The van der Waals surface area contributed by atoms with Crippen LogP contribution in [-0.2, 0) is 11.3 Å². The van der Waals surface area contributed by atoms with Crippen molar-refractivity contribution in [3.63, 3.8) is 0 Å². The molecular weight excluding hydrogens is 402 g/mol. The van der Waals surface area contributed by atoms with Crippen LogP contribution in [0.5, 0.6) is 0 Å². The van der Waals surface area contributed by atoms with Gasteiger partial charge in [-0.2, -0.15) is 0 Å². The van der Waals surface area contributed by atoms with E-state index in [1.54, 1.807) is 6.26 Å². The number of benzene rings is 1. The Morgan fingerprint density at radius 2 is 1.91 bits per heavy atom. The van der Waals surface area contributed by atoms with E-state index in [2.05, 4.69) is 32.0 Å². The number of rotatable bonds is 4. The summed E-state index contributed by atoms with van der Waals surface area (Å²) in [5, 5.41) is 0.934. The van der Waals surface area contributed by atoms with E-state index >= 15 is 0 Å². The highest BCUT2D eigenvalue weighted by Crippen LogP contribution is 2.29. The molecule has 0 radical (unpaired) electrons. The Kier molecular flexibility index (Phi) is 5.53. The summed E-state index contributed by atoms with van der Waals surface area (Å²) in [5.74, 6) is 0.462. The molecule has 2 aliphatic rings. The summed E-state index contributed by atoms with van der Waals surface area (Å²) < 4.78 is 7.71. The second kappa shape index (κ2) is 8.49. The van der Waals surface area contributed by atoms with Crippen LogP contribution in [-0.4, -0.2) is 51.9 Å². The first-order valence-corrected chi connectivity index (χ1v) is 11.7. The third-order valence-electron chi connectivity index (χ3n) is 7.05. The molecule has 32 heavy (non-hydrogen) atoms. The molecule has 6 nitrogen and oxygen atoms in total. The molecule has 2 aromatic heterocycles. The summed E-state index contributed by atoms with van der Waals surface area (Å²) in [6.45, 7) is 6.45. The first-order valence-electron chi connectivity index (χ1n) is 11.7. The first-order chi connectivity index (χ1) is 15.5. The summed E-state index contributed by atoms with van der Waals surface area (Å²) in [4.78, 5) is 30.4. The second-order valence-electron chi connectivity index (χ2n) is 9.40. The Balaban J connectivity index is 1.36. The smallest absolute Gasteiger partial charge is 0.270 e. The maximum absolute atomic E-state index is 13.6. The quantitative estimate of drug-likeness (QED) is 0.611. The monoisotopic (exact) mass is 433 g/mol. The SMILES string of the molecule is Cc1cccc(Cn2c(C(=O)N3CCN(C(=O)C4CCCC4)[C@H](C)C3)cc3ccoc32)c1. The number of amides is 2. The van der Waals surface area contributed by atoms with Crippen LogP contribution in [0.15, 0.2) is 47.1 Å². The first kappa shape index (κ1) is 20.9. The summed E-state index contributed by atoms with van der Waals surface area (Å²) in [6, 6.07) is 12.2. The van der Waals surface area contributed by atoms with Crippen LogP contribution in [0.2, 0.25) is 0 Å². The van der Waals surface area contributed by atoms with Gasteiger partial charge in [-0.1, -0.05) is 42.7 Å². The zero-order chi connectivity index (χ0) is 22.2. The largest absolute Gasteiger partial charge is 0.448 e. The fourth-order valence-electron chi connectivity index (χ4n) is 5.34. The normalized spacial score (nSPS) is 19.8. The molecule has 3 aromatic rings. The van der Waals surface area contributed by atoms with Crippen molar-refractivity contribution in [1.82, 2.24) is 14.4 Å². The van der Waals surface area contributed by atoms with Crippen LogP contribution in [0.4, 0.5) is 0 Å². The zero-order valence-electron chi connectivity index (χ0n) is 18.9. The van der Waals surface area contributed by atoms with Crippen molar-refractivity contribution >= 4 is 22.9 Å². The molecule has 0 N–H and O–H groups in total. The van der Waals surface area contributed by atoms with Gasteiger partial charge >= 0.3 is 0 Å². The molecule has 3 heterocycles. The van der Waals surface area contributed by atoms with Crippen LogP contribution in [0.25, 0.3) is 11.1 Å². The highest BCUT2D eigenvalue weighted by Gasteiger charge is 2.35. The Morgan fingerprint density at radius 3 is 2.66 bits per heavy atom. The summed E-state index contributed by atoms with van der Waals surface area (Å²) in [7, 11) is 0. The predicted molar refractivity (Wildman–Crippen MR) is 124 cm³/mol. The number of piperazine rings is 1. The molecule has 1 aliphatic carbocycles. The number of carbonyl (C=O) groups is 2. The molecule has 0 bridgehead atoms. The lowest BCUT2D eigenvalue weighted by Gasteiger charge is -2.41. The van der Waals surface area contributed by atoms with Crippen molar-refractivity contribution in [1.29, 1.82) is 0 Å². The Morgan fingerprint density at radius 1 is 1.09 bits per heavy atom. The minimum absolute atomic E-state index is 0.00358. The van der Waals surface area contributed by atoms with Gasteiger partial charge < -0.3 is 18.8 Å². The molecule has 1 aliphatic heterocycles. The third-order valence-corrected chi connectivity index (χ3v) is 7.05. The lowest BCUT2D eigenvalue weighted by Crippen LogP contribution is -2.56. The van der Waals surface area contributed by atoms with E-state index in [9.17, 15) is 9.59 Å². The molecule has 6 heteroatoms. The highest BCUT2D eigenvalue weighted by molar-refractivity contribution is 5.98. The lowest BCUT2D eigenvalue weighted by molar-refractivity contribution is -0.139. The average Bonchev–Trinajstić information content (AvgIpc) is 3.52. The Hall–Kier alpha value is -3.02. The number of aromatic nitrogens is 1. The Labute approximate surface area is 188 Å². The van der Waals surface area contributed by atoms with E-state index in [-0.39, 0.29) is 23.8 Å². The zero-order valence-corrected chi connectivity index (χ0v) is 18.9. The molecular formula is C26H31N3O3. The highest BCUT2D eigenvalue weighted by atomic mass is 16.3. The number of hydrogen-bond acceptors (Lipinski definition) is 3. The van der Waals surface area contributed by atoms with Crippen LogP contribution in [0.1, 0.15) is 54.2 Å². The van der Waals surface area contributed by atoms with Crippen LogP contribution < -0.4 is 0 Å². The number of hydrogen-bond donors (Lipinski definition) is 0. The van der Waals surface area contributed by atoms with E-state index in [0.717, 1.165) is 42.3 Å². The minimum Gasteiger partial charge on any atom is -0.448 e. The molecule has 2 fully saturated rings. The molecule has 1 saturated heterocycles. The molecule has 2 amide bonds. The van der Waals surface area contributed by atoms with Gasteiger partial charge in [0.05, 0.1) is 12.8 Å². The van der Waals surface area contributed by atoms with Gasteiger partial charge in [0.25, 0.3) is 5.91 Å². The second-order valence-corrected chi connectivity index (χ2v) is 9.40. The minimum atomic E-state index is 0.00358. The molecule has 1 aromatic carbocycles. The lowest BCUT2D eigenvalue weighted by atomic mass is 10.0. The number of fused-ring (bicyclic) bond motifs is 1. The average molecular weight is 434 g/mol. The number of nitrogens with zero attached hydrogens (tertiary/aromatic N) is 3. The van der Waals surface area contributed by atoms with E-state index in [1.165, 1.54) is 5.56 Å². The summed E-state index contributed by atoms with van der Waals surface area (Å²) in [6.07, 6.45) is 6.00. The van der Waals surface area contributed by atoms with E-state index < -0.39 is 0 Å². The number of carbonyl (C=O) groups excluding carboxylic acids is 2. The molecule has 0 spiro atoms. The predicted octanol–water partition coefficient (Wildman–Crippen LogP) is 4.45. The summed E-state index contributed by atoms with van der Waals surface area (Å²) in [5.41, 5.74) is 3.69. The van der Waals surface area contributed by atoms with E-state index in [0.29, 0.717) is 31.9 Å². The Bertz CT molecular complexity index is 1140. The van der Waals surface area contributed by atoms with Crippen molar-refractivity contribution in [3.8, 4) is 0 Å². The maximum Gasteiger partial charge on any atom is 0.270 e. The molecule has 0 unspecified atom stereocenters. The van der Waals surface area contributed by atoms with Gasteiger partial charge in [0.2, 0.25) is 11.6 Å². The third kappa shape index (κ3) is 3.83. The number of furan rings is 1. The van der Waals surface area contributed by atoms with E-state index in [1.807, 2.05) is 32.6 Å². The maximum atomic E-state index is 13.6. The standard InChI is InChI=1S/C26H31N3O3/c1-18-6-5-7-20(14-18)17-29-23(15-22-10-13-32-26(22)29)25(31)27-11-12-28(19(2)16-27)24(30)21-8-3-4-9-21/h5-7,10,13-15,19,21H,3-4,8-9,11-12,16-17H2,1-2H3/t19-/m1/s1. The van der Waals surface area contributed by atoms with Crippen LogP contribution >= 0.6 is 0 Å². The van der Waals surface area contributed by atoms with Gasteiger partial charge in [0.1, 0.15) is 5.69 Å². The topological polar surface area (TPSA) is 58.7 Å². The molecule has 1 atom stereocenters. The van der Waals surface area contributed by atoms with Gasteiger partial charge in [-0.05, 0) is 44.4 Å². The van der Waals surface area contributed by atoms with Crippen LogP contribution in [0.3, 0.4) is 0 Å². The van der Waals surface area contributed by atoms with Crippen molar-refractivity contribution in [2.45, 2.75) is 52.1 Å². The van der Waals surface area contributed by atoms with Gasteiger partial charge in [-0.25, -0.2) is 0 Å². The van der Waals surface area contributed by atoms with Crippen LogP contribution in [0, 0.1) is 12.8 Å². The van der Waals surface area contributed by atoms with Crippen molar-refractivity contribution in [2.75, 3.05) is 19.6 Å². The van der Waals surface area contributed by atoms with Crippen molar-refractivity contribution < 1.29 is 14.0 Å². The van der Waals surface area contributed by atoms with Gasteiger partial charge in [0, 0.05) is 37.0 Å². The van der Waals surface area contributed by atoms with Crippen molar-refractivity contribution in [3.05, 3.63) is 59.5 Å².